The second-order valence-electron chi connectivity index (χ2n) is 7.33. The lowest BCUT2D eigenvalue weighted by molar-refractivity contribution is -0.144. The molecule has 1 fully saturated rings. The second-order valence-corrected chi connectivity index (χ2v) is 7.33. The van der Waals surface area contributed by atoms with Crippen LogP contribution >= 0.6 is 0 Å². The van der Waals surface area contributed by atoms with Gasteiger partial charge in [-0.3, -0.25) is 0 Å². The van der Waals surface area contributed by atoms with Gasteiger partial charge in [-0.15, -0.1) is 0 Å². The minimum atomic E-state index is -1.28. The molecule has 1 aliphatic heterocycles. The van der Waals surface area contributed by atoms with Crippen LogP contribution in [0.3, 0.4) is 0 Å². The van der Waals surface area contributed by atoms with Crippen LogP contribution in [0.1, 0.15) is 23.5 Å². The van der Waals surface area contributed by atoms with Crippen LogP contribution in [0.15, 0.2) is 48.5 Å². The maximum absolute atomic E-state index is 12.4. The number of carboxylic acids is 1. The quantitative estimate of drug-likeness (QED) is 0.870. The second kappa shape index (κ2) is 6.70. The van der Waals surface area contributed by atoms with Gasteiger partial charge in [0.2, 0.25) is 0 Å². The number of hydrogen-bond donors (Lipinski definition) is 2. The van der Waals surface area contributed by atoms with Crippen molar-refractivity contribution in [2.75, 3.05) is 26.7 Å². The van der Waals surface area contributed by atoms with E-state index in [1.165, 1.54) is 0 Å². The largest absolute Gasteiger partial charge is 0.479 e. The number of nitrogens with one attached hydrogen (secondary N) is 1. The van der Waals surface area contributed by atoms with Gasteiger partial charge < -0.3 is 20.1 Å². The van der Waals surface area contributed by atoms with E-state index >= 15 is 0 Å². The molecular formula is C21H22N2O4. The van der Waals surface area contributed by atoms with E-state index in [0.29, 0.717) is 13.0 Å². The van der Waals surface area contributed by atoms with Crippen molar-refractivity contribution in [1.29, 1.82) is 0 Å². The normalized spacial score (nSPS) is 21.5. The molecule has 0 saturated carbocycles. The molecule has 0 unspecified atom stereocenters. The molecule has 0 spiro atoms. The number of carbonyl (C=O) groups is 2. The molecule has 27 heavy (non-hydrogen) atoms. The molecule has 2 aromatic carbocycles. The molecule has 0 aromatic heterocycles. The van der Waals surface area contributed by atoms with Crippen molar-refractivity contribution < 1.29 is 19.4 Å². The fourth-order valence-corrected chi connectivity index (χ4v) is 4.16. The van der Waals surface area contributed by atoms with Crippen molar-refractivity contribution in [1.82, 2.24) is 10.2 Å². The highest BCUT2D eigenvalue weighted by atomic mass is 16.5. The molecule has 1 atom stereocenters. The highest BCUT2D eigenvalue weighted by Gasteiger charge is 2.45. The van der Waals surface area contributed by atoms with Crippen LogP contribution in [0.5, 0.6) is 0 Å². The maximum atomic E-state index is 12.4. The highest BCUT2D eigenvalue weighted by molar-refractivity contribution is 5.85. The highest BCUT2D eigenvalue weighted by Crippen LogP contribution is 2.44. The van der Waals surface area contributed by atoms with Gasteiger partial charge in [-0.05, 0) is 35.7 Å². The zero-order chi connectivity index (χ0) is 19.0. The predicted molar refractivity (Wildman–Crippen MR) is 101 cm³/mol. The summed E-state index contributed by atoms with van der Waals surface area (Å²) in [5, 5.41) is 12.2. The first-order valence-corrected chi connectivity index (χ1v) is 9.05. The van der Waals surface area contributed by atoms with Crippen LogP contribution in [-0.4, -0.2) is 54.4 Å². The summed E-state index contributed by atoms with van der Waals surface area (Å²) in [6.07, 6.45) is -0.321. The summed E-state index contributed by atoms with van der Waals surface area (Å²) in [4.78, 5) is 26.0. The predicted octanol–water partition coefficient (Wildman–Crippen LogP) is 2.68. The van der Waals surface area contributed by atoms with Crippen molar-refractivity contribution in [3.8, 4) is 11.1 Å². The number of hydrogen-bond acceptors (Lipinski definition) is 4. The van der Waals surface area contributed by atoms with Crippen LogP contribution in [-0.2, 0) is 9.53 Å². The summed E-state index contributed by atoms with van der Waals surface area (Å²) in [6.45, 7) is 1.06. The summed E-state index contributed by atoms with van der Waals surface area (Å²) in [6, 6.07) is 16.2. The average molecular weight is 366 g/mol. The van der Waals surface area contributed by atoms with Crippen LogP contribution in [0.4, 0.5) is 4.79 Å². The Labute approximate surface area is 157 Å². The number of fused-ring (bicyclic) bond motifs is 3. The third kappa shape index (κ3) is 3.06. The number of nitrogens with zero attached hydrogens (tertiary/aromatic N) is 1. The van der Waals surface area contributed by atoms with Gasteiger partial charge in [-0.1, -0.05) is 48.5 Å². The molecule has 2 N–H and O–H groups in total. The third-order valence-electron chi connectivity index (χ3n) is 5.55. The lowest BCUT2D eigenvalue weighted by Gasteiger charge is -2.25. The van der Waals surface area contributed by atoms with Crippen molar-refractivity contribution in [3.05, 3.63) is 59.7 Å². The maximum Gasteiger partial charge on any atom is 0.408 e. The van der Waals surface area contributed by atoms with Crippen molar-refractivity contribution >= 4 is 12.1 Å². The molecular weight excluding hydrogens is 344 g/mol. The van der Waals surface area contributed by atoms with Crippen molar-refractivity contribution in [3.63, 3.8) is 0 Å². The van der Waals surface area contributed by atoms with Crippen LogP contribution in [0.25, 0.3) is 11.1 Å². The first kappa shape index (κ1) is 17.5. The molecule has 4 rings (SSSR count). The minimum absolute atomic E-state index is 0.0461. The average Bonchev–Trinajstić information content (AvgIpc) is 3.19. The number of likely N-dealkylation sites (tertiary alicyclic amines) is 1. The molecule has 1 heterocycles. The monoisotopic (exact) mass is 366 g/mol. The van der Waals surface area contributed by atoms with Gasteiger partial charge in [0.25, 0.3) is 0 Å². The Hall–Kier alpha value is -2.86. The number of rotatable bonds is 4. The number of ether oxygens (including phenoxy) is 1. The topological polar surface area (TPSA) is 78.9 Å². The van der Waals surface area contributed by atoms with Crippen molar-refractivity contribution in [2.45, 2.75) is 17.9 Å². The number of carbonyl (C=O) groups excluding carboxylic acids is 1. The Bertz CT molecular complexity index is 852. The van der Waals surface area contributed by atoms with Crippen LogP contribution < -0.4 is 5.32 Å². The van der Waals surface area contributed by atoms with E-state index < -0.39 is 17.6 Å². The third-order valence-corrected chi connectivity index (χ3v) is 5.55. The van der Waals surface area contributed by atoms with E-state index in [1.54, 1.807) is 0 Å². The molecule has 6 heteroatoms. The molecule has 1 aliphatic carbocycles. The summed E-state index contributed by atoms with van der Waals surface area (Å²) < 4.78 is 5.48. The van der Waals surface area contributed by atoms with E-state index in [-0.39, 0.29) is 19.1 Å². The molecule has 0 bridgehead atoms. The Morgan fingerprint density at radius 3 is 2.26 bits per heavy atom. The van der Waals surface area contributed by atoms with Gasteiger partial charge in [0.05, 0.1) is 0 Å². The summed E-state index contributed by atoms with van der Waals surface area (Å²) in [5.74, 6) is -1.07. The number of benzene rings is 2. The fourth-order valence-electron chi connectivity index (χ4n) is 4.16. The number of likely N-dealkylation sites (N-methyl/N-ethyl adjacent to an activating group) is 1. The van der Waals surface area contributed by atoms with Gasteiger partial charge in [0.1, 0.15) is 6.61 Å². The zero-order valence-electron chi connectivity index (χ0n) is 15.1. The first-order valence-electron chi connectivity index (χ1n) is 9.05. The van der Waals surface area contributed by atoms with Gasteiger partial charge in [-0.2, -0.15) is 0 Å². The smallest absolute Gasteiger partial charge is 0.408 e. The van der Waals surface area contributed by atoms with Crippen LogP contribution in [0, 0.1) is 0 Å². The first-order chi connectivity index (χ1) is 13.0. The molecule has 0 radical (unpaired) electrons. The Kier molecular flexibility index (Phi) is 4.36. The van der Waals surface area contributed by atoms with Gasteiger partial charge in [0, 0.05) is 19.0 Å². The molecule has 2 aliphatic rings. The zero-order valence-corrected chi connectivity index (χ0v) is 15.1. The molecule has 6 nitrogen and oxygen atoms in total. The Morgan fingerprint density at radius 2 is 1.74 bits per heavy atom. The minimum Gasteiger partial charge on any atom is -0.479 e. The molecule has 140 valence electrons. The van der Waals surface area contributed by atoms with Gasteiger partial charge >= 0.3 is 12.1 Å². The lowest BCUT2D eigenvalue weighted by atomic mass is 9.98. The SMILES string of the molecule is CN1CC[C@@](NC(=O)OCC2c3ccccc3-c3ccccc32)(C(=O)O)C1. The fraction of sp³-hybridized carbons (Fsp3) is 0.333. The summed E-state index contributed by atoms with van der Waals surface area (Å²) in [5.41, 5.74) is 3.28. The van der Waals surface area contributed by atoms with Gasteiger partial charge in [0.15, 0.2) is 5.54 Å². The standard InChI is InChI=1S/C21H22N2O4/c1-23-11-10-21(13-23,19(24)25)22-20(26)27-12-18-16-8-4-2-6-14(16)15-7-3-5-9-17(15)18/h2-9,18H,10-13H2,1H3,(H,22,26)(H,24,25)/t21-/m0/s1. The van der Waals surface area contributed by atoms with E-state index in [4.69, 9.17) is 4.74 Å². The lowest BCUT2D eigenvalue weighted by Crippen LogP contribution is -2.56. The van der Waals surface area contributed by atoms with E-state index in [1.807, 2.05) is 48.3 Å². The number of carboxylic acid groups (broad SMARTS) is 1. The van der Waals surface area contributed by atoms with E-state index in [0.717, 1.165) is 22.3 Å². The van der Waals surface area contributed by atoms with Gasteiger partial charge in [-0.25, -0.2) is 9.59 Å². The summed E-state index contributed by atoms with van der Waals surface area (Å²) >= 11 is 0. The number of amides is 1. The number of aliphatic carboxylic acids is 1. The van der Waals surface area contributed by atoms with Crippen LogP contribution in [0.2, 0.25) is 0 Å². The Morgan fingerprint density at radius 1 is 1.15 bits per heavy atom. The van der Waals surface area contributed by atoms with E-state index in [9.17, 15) is 14.7 Å². The Balaban J connectivity index is 1.49. The van der Waals surface area contributed by atoms with Crippen molar-refractivity contribution in [2.24, 2.45) is 0 Å². The number of alkyl carbamates (subject to hydrolysis) is 1. The molecule has 2 aromatic rings. The summed E-state index contributed by atoms with van der Waals surface area (Å²) in [7, 11) is 1.84. The molecule has 1 amide bonds. The van der Waals surface area contributed by atoms with E-state index in [2.05, 4.69) is 17.4 Å². The molecule has 1 saturated heterocycles.